The lowest BCUT2D eigenvalue weighted by molar-refractivity contribution is 0.0914. The molecule has 1 N–H and O–H groups in total. The van der Waals surface area contributed by atoms with Crippen LogP contribution in [0.3, 0.4) is 0 Å². The van der Waals surface area contributed by atoms with Crippen LogP contribution in [0.2, 0.25) is 0 Å². The summed E-state index contributed by atoms with van der Waals surface area (Å²) in [6.45, 7) is 6.34. The van der Waals surface area contributed by atoms with E-state index in [9.17, 15) is 9.18 Å². The van der Waals surface area contributed by atoms with E-state index in [4.69, 9.17) is 0 Å². The van der Waals surface area contributed by atoms with Crippen molar-refractivity contribution in [3.8, 4) is 11.3 Å². The van der Waals surface area contributed by atoms with Gasteiger partial charge >= 0.3 is 0 Å². The van der Waals surface area contributed by atoms with Gasteiger partial charge in [0.15, 0.2) is 5.69 Å². The molecule has 0 radical (unpaired) electrons. The number of hydrogen-bond acceptors (Lipinski definition) is 3. The van der Waals surface area contributed by atoms with Crippen LogP contribution < -0.4 is 5.32 Å². The third kappa shape index (κ3) is 3.82. The number of halogens is 1. The topological polar surface area (TPSA) is 50.2 Å². The average molecular weight is 332 g/mol. The van der Waals surface area contributed by atoms with E-state index < -0.39 is 0 Å². The maximum atomic E-state index is 13.4. The van der Waals surface area contributed by atoms with Crippen molar-refractivity contribution in [1.29, 1.82) is 0 Å². The summed E-state index contributed by atoms with van der Waals surface area (Å²) in [6.07, 6.45) is 0. The molecule has 24 heavy (non-hydrogen) atoms. The van der Waals surface area contributed by atoms with Crippen molar-refractivity contribution >= 4 is 5.91 Å². The van der Waals surface area contributed by atoms with Gasteiger partial charge in [0, 0.05) is 24.7 Å². The van der Waals surface area contributed by atoms with Crippen LogP contribution in [0.1, 0.15) is 29.9 Å². The van der Waals surface area contributed by atoms with Gasteiger partial charge in [0.05, 0.1) is 5.69 Å². The van der Waals surface area contributed by atoms with Gasteiger partial charge in [-0.2, -0.15) is 5.10 Å². The highest BCUT2D eigenvalue weighted by Gasteiger charge is 2.22. The second kappa shape index (κ2) is 6.73. The molecule has 0 unspecified atom stereocenters. The Kier molecular flexibility index (Phi) is 5.08. The molecular formula is C18H25FN4O. The van der Waals surface area contributed by atoms with Crippen molar-refractivity contribution in [3.05, 3.63) is 41.3 Å². The zero-order valence-electron chi connectivity index (χ0n) is 15.1. The van der Waals surface area contributed by atoms with Gasteiger partial charge in [0.2, 0.25) is 0 Å². The molecule has 1 heterocycles. The van der Waals surface area contributed by atoms with E-state index in [1.807, 2.05) is 14.1 Å². The molecule has 0 saturated carbocycles. The largest absolute Gasteiger partial charge is 0.349 e. The first kappa shape index (κ1) is 18.1. The molecule has 0 aliphatic heterocycles. The predicted molar refractivity (Wildman–Crippen MR) is 93.4 cm³/mol. The Labute approximate surface area is 142 Å². The Balaban J connectivity index is 2.19. The number of nitrogens with zero attached hydrogens (tertiary/aromatic N) is 3. The second-order valence-electron chi connectivity index (χ2n) is 6.89. The van der Waals surface area contributed by atoms with E-state index in [0.29, 0.717) is 17.8 Å². The summed E-state index contributed by atoms with van der Waals surface area (Å²) in [5.74, 6) is -0.463. The standard InChI is InChI=1S/C18H25FN4O/c1-12-9-13(7-8-14(12)19)16-10-15(21-23(16)6)17(24)20-11-18(2,3)22(4)5/h7-10H,11H2,1-6H3,(H,20,24). The molecule has 0 saturated heterocycles. The molecule has 1 aromatic heterocycles. The summed E-state index contributed by atoms with van der Waals surface area (Å²) in [5, 5.41) is 7.20. The zero-order chi connectivity index (χ0) is 18.1. The number of aryl methyl sites for hydroxylation is 2. The van der Waals surface area contributed by atoms with Gasteiger partial charge in [-0.25, -0.2) is 4.39 Å². The van der Waals surface area contributed by atoms with E-state index in [1.165, 1.54) is 6.07 Å². The molecule has 1 aromatic carbocycles. The highest BCUT2D eigenvalue weighted by Crippen LogP contribution is 2.22. The van der Waals surface area contributed by atoms with E-state index in [0.717, 1.165) is 11.3 Å². The van der Waals surface area contributed by atoms with Crippen LogP contribution in [-0.4, -0.2) is 46.8 Å². The lowest BCUT2D eigenvalue weighted by atomic mass is 10.0. The van der Waals surface area contributed by atoms with Crippen LogP contribution in [-0.2, 0) is 7.05 Å². The van der Waals surface area contributed by atoms with E-state index in [2.05, 4.69) is 29.2 Å². The summed E-state index contributed by atoms with van der Waals surface area (Å²) in [5.41, 5.74) is 2.37. The van der Waals surface area contributed by atoms with Crippen molar-refractivity contribution in [1.82, 2.24) is 20.0 Å². The highest BCUT2D eigenvalue weighted by atomic mass is 19.1. The van der Waals surface area contributed by atoms with Crippen LogP contribution >= 0.6 is 0 Å². The zero-order valence-corrected chi connectivity index (χ0v) is 15.1. The predicted octanol–water partition coefficient (Wildman–Crippen LogP) is 2.60. The number of hydrogen-bond donors (Lipinski definition) is 1. The van der Waals surface area contributed by atoms with Crippen LogP contribution in [0.4, 0.5) is 4.39 Å². The number of benzene rings is 1. The normalized spacial score (nSPS) is 11.8. The van der Waals surface area contributed by atoms with Gasteiger partial charge in [0.25, 0.3) is 5.91 Å². The number of rotatable bonds is 5. The summed E-state index contributed by atoms with van der Waals surface area (Å²) in [4.78, 5) is 14.4. The number of carbonyl (C=O) groups excluding carboxylic acids is 1. The first-order chi connectivity index (χ1) is 11.1. The van der Waals surface area contributed by atoms with E-state index in [1.54, 1.807) is 36.9 Å². The van der Waals surface area contributed by atoms with Crippen molar-refractivity contribution in [3.63, 3.8) is 0 Å². The molecule has 0 bridgehead atoms. The number of carbonyl (C=O) groups is 1. The molecule has 5 nitrogen and oxygen atoms in total. The fourth-order valence-corrected chi connectivity index (χ4v) is 2.20. The fourth-order valence-electron chi connectivity index (χ4n) is 2.20. The number of nitrogens with one attached hydrogen (secondary N) is 1. The van der Waals surface area contributed by atoms with Crippen LogP contribution in [0.5, 0.6) is 0 Å². The Morgan fingerprint density at radius 1 is 1.33 bits per heavy atom. The first-order valence-electron chi connectivity index (χ1n) is 7.88. The minimum Gasteiger partial charge on any atom is -0.349 e. The molecule has 2 aromatic rings. The van der Waals surface area contributed by atoms with Crippen molar-refractivity contribution < 1.29 is 9.18 Å². The average Bonchev–Trinajstić information content (AvgIpc) is 2.89. The monoisotopic (exact) mass is 332 g/mol. The molecule has 0 spiro atoms. The molecular weight excluding hydrogens is 307 g/mol. The lowest BCUT2D eigenvalue weighted by Gasteiger charge is -2.32. The van der Waals surface area contributed by atoms with Gasteiger partial charge in [-0.1, -0.05) is 0 Å². The fraction of sp³-hybridized carbons (Fsp3) is 0.444. The third-order valence-electron chi connectivity index (χ3n) is 4.46. The molecule has 0 fully saturated rings. The number of aromatic nitrogens is 2. The van der Waals surface area contributed by atoms with Gasteiger partial charge in [-0.05, 0) is 64.7 Å². The maximum absolute atomic E-state index is 13.4. The Morgan fingerprint density at radius 2 is 2.00 bits per heavy atom. The summed E-state index contributed by atoms with van der Waals surface area (Å²) >= 11 is 0. The third-order valence-corrected chi connectivity index (χ3v) is 4.46. The van der Waals surface area contributed by atoms with Gasteiger partial charge in [-0.3, -0.25) is 9.48 Å². The smallest absolute Gasteiger partial charge is 0.271 e. The van der Waals surface area contributed by atoms with Crippen LogP contribution in [0.25, 0.3) is 11.3 Å². The van der Waals surface area contributed by atoms with Crippen LogP contribution in [0, 0.1) is 12.7 Å². The summed E-state index contributed by atoms with van der Waals surface area (Å²) in [6, 6.07) is 6.60. The number of likely N-dealkylation sites (N-methyl/N-ethyl adjacent to an activating group) is 1. The van der Waals surface area contributed by atoms with Crippen molar-refractivity contribution in [2.24, 2.45) is 7.05 Å². The molecule has 0 aliphatic carbocycles. The lowest BCUT2D eigenvalue weighted by Crippen LogP contribution is -2.48. The van der Waals surface area contributed by atoms with Crippen molar-refractivity contribution in [2.45, 2.75) is 26.3 Å². The molecule has 130 valence electrons. The highest BCUT2D eigenvalue weighted by molar-refractivity contribution is 5.93. The number of amides is 1. The molecule has 6 heteroatoms. The molecule has 0 aliphatic rings. The quantitative estimate of drug-likeness (QED) is 0.916. The Morgan fingerprint density at radius 3 is 2.58 bits per heavy atom. The first-order valence-corrected chi connectivity index (χ1v) is 7.88. The van der Waals surface area contributed by atoms with E-state index >= 15 is 0 Å². The molecule has 1 amide bonds. The second-order valence-corrected chi connectivity index (χ2v) is 6.89. The summed E-state index contributed by atoms with van der Waals surface area (Å²) in [7, 11) is 5.72. The molecule has 0 atom stereocenters. The maximum Gasteiger partial charge on any atom is 0.271 e. The van der Waals surface area contributed by atoms with Gasteiger partial charge in [0.1, 0.15) is 5.82 Å². The van der Waals surface area contributed by atoms with Crippen molar-refractivity contribution in [2.75, 3.05) is 20.6 Å². The van der Waals surface area contributed by atoms with Gasteiger partial charge in [-0.15, -0.1) is 0 Å². The van der Waals surface area contributed by atoms with E-state index in [-0.39, 0.29) is 17.3 Å². The minimum atomic E-state index is -0.246. The minimum absolute atomic E-state index is 0.151. The van der Waals surface area contributed by atoms with Crippen LogP contribution in [0.15, 0.2) is 24.3 Å². The summed E-state index contributed by atoms with van der Waals surface area (Å²) < 4.78 is 15.1. The SMILES string of the molecule is Cc1cc(-c2cc(C(=O)NCC(C)(C)N(C)C)nn2C)ccc1F. The Hall–Kier alpha value is -2.21. The molecule has 2 rings (SSSR count). The van der Waals surface area contributed by atoms with Gasteiger partial charge < -0.3 is 10.2 Å². The Bertz CT molecular complexity index is 749.